The van der Waals surface area contributed by atoms with Crippen molar-refractivity contribution in [1.82, 2.24) is 24.5 Å². The van der Waals surface area contributed by atoms with Crippen molar-refractivity contribution in [2.45, 2.75) is 6.04 Å². The first-order valence-corrected chi connectivity index (χ1v) is 9.23. The van der Waals surface area contributed by atoms with E-state index in [-0.39, 0.29) is 12.3 Å². The van der Waals surface area contributed by atoms with Gasteiger partial charge in [-0.05, 0) is 17.7 Å². The van der Waals surface area contributed by atoms with E-state index in [9.17, 15) is 9.90 Å². The molecule has 0 bridgehead atoms. The van der Waals surface area contributed by atoms with Crippen LogP contribution >= 0.6 is 0 Å². The van der Waals surface area contributed by atoms with Crippen LogP contribution < -0.4 is 5.69 Å². The Bertz CT molecular complexity index is 1370. The molecule has 3 heterocycles. The van der Waals surface area contributed by atoms with Gasteiger partial charge in [-0.15, -0.1) is 0 Å². The molecule has 0 saturated carbocycles. The van der Waals surface area contributed by atoms with E-state index in [1.165, 1.54) is 4.57 Å². The molecule has 0 unspecified atom stereocenters. The van der Waals surface area contributed by atoms with Gasteiger partial charge >= 0.3 is 5.69 Å². The number of aliphatic hydroxyl groups is 1. The number of benzene rings is 2. The summed E-state index contributed by atoms with van der Waals surface area (Å²) < 4.78 is 1.46. The molecule has 3 aromatic heterocycles. The fourth-order valence-corrected chi connectivity index (χ4v) is 3.65. The van der Waals surface area contributed by atoms with Crippen molar-refractivity contribution in [1.29, 1.82) is 0 Å². The average molecular weight is 383 g/mol. The van der Waals surface area contributed by atoms with Gasteiger partial charge in [-0.3, -0.25) is 14.5 Å². The molecule has 7 heteroatoms. The van der Waals surface area contributed by atoms with Crippen molar-refractivity contribution in [3.63, 3.8) is 0 Å². The lowest BCUT2D eigenvalue weighted by Gasteiger charge is -2.16. The highest BCUT2D eigenvalue weighted by molar-refractivity contribution is 5.93. The maximum absolute atomic E-state index is 12.7. The molecule has 2 N–H and O–H groups in total. The van der Waals surface area contributed by atoms with Gasteiger partial charge in [0.1, 0.15) is 0 Å². The van der Waals surface area contributed by atoms with Crippen LogP contribution in [0.3, 0.4) is 0 Å². The maximum Gasteiger partial charge on any atom is 0.329 e. The molecular formula is C22H17N5O2. The molecule has 7 nitrogen and oxygen atoms in total. The maximum atomic E-state index is 12.7. The normalized spacial score (nSPS) is 12.4. The van der Waals surface area contributed by atoms with Crippen LogP contribution in [0.1, 0.15) is 11.6 Å². The number of nitrogens with one attached hydrogen (secondary N) is 1. The zero-order valence-electron chi connectivity index (χ0n) is 15.4. The smallest absolute Gasteiger partial charge is 0.329 e. The monoisotopic (exact) mass is 383 g/mol. The van der Waals surface area contributed by atoms with Gasteiger partial charge in [0.2, 0.25) is 0 Å². The van der Waals surface area contributed by atoms with E-state index in [0.29, 0.717) is 17.0 Å². The largest absolute Gasteiger partial charge is 0.394 e. The Kier molecular flexibility index (Phi) is 4.14. The van der Waals surface area contributed by atoms with Crippen LogP contribution in [0.25, 0.3) is 33.5 Å². The first-order chi connectivity index (χ1) is 14.3. The molecule has 5 aromatic rings. The summed E-state index contributed by atoms with van der Waals surface area (Å²) in [5, 5.41) is 11.0. The Hall–Kier alpha value is -3.84. The molecule has 0 saturated heterocycles. The van der Waals surface area contributed by atoms with Crippen molar-refractivity contribution in [3.8, 4) is 11.3 Å². The van der Waals surface area contributed by atoms with Crippen LogP contribution in [-0.2, 0) is 0 Å². The lowest BCUT2D eigenvalue weighted by atomic mass is 10.1. The molecule has 0 aliphatic heterocycles. The minimum Gasteiger partial charge on any atom is -0.394 e. The van der Waals surface area contributed by atoms with Gasteiger partial charge in [0.05, 0.1) is 30.1 Å². The number of imidazole rings is 1. The van der Waals surface area contributed by atoms with Gasteiger partial charge in [0.15, 0.2) is 11.3 Å². The zero-order valence-corrected chi connectivity index (χ0v) is 15.4. The van der Waals surface area contributed by atoms with Crippen LogP contribution in [0.5, 0.6) is 0 Å². The topological polar surface area (TPSA) is 96.7 Å². The van der Waals surface area contributed by atoms with E-state index in [1.807, 2.05) is 60.7 Å². The van der Waals surface area contributed by atoms with Crippen molar-refractivity contribution in [2.24, 2.45) is 0 Å². The summed E-state index contributed by atoms with van der Waals surface area (Å²) in [5.41, 5.74) is 3.61. The first kappa shape index (κ1) is 17.3. The number of nitrogens with zero attached hydrogens (tertiary/aromatic N) is 4. The predicted octanol–water partition coefficient (Wildman–Crippen LogP) is 2.92. The summed E-state index contributed by atoms with van der Waals surface area (Å²) in [5.74, 6) is 0. The average Bonchev–Trinajstić information content (AvgIpc) is 3.10. The summed E-state index contributed by atoms with van der Waals surface area (Å²) in [7, 11) is 0. The quantitative estimate of drug-likeness (QED) is 0.497. The van der Waals surface area contributed by atoms with E-state index >= 15 is 0 Å². The van der Waals surface area contributed by atoms with E-state index in [2.05, 4.69) is 15.0 Å². The van der Waals surface area contributed by atoms with Crippen molar-refractivity contribution in [3.05, 3.63) is 89.1 Å². The van der Waals surface area contributed by atoms with Crippen molar-refractivity contribution >= 4 is 22.2 Å². The van der Waals surface area contributed by atoms with Crippen molar-refractivity contribution in [2.75, 3.05) is 6.61 Å². The molecule has 0 aliphatic carbocycles. The second-order valence-corrected chi connectivity index (χ2v) is 6.71. The van der Waals surface area contributed by atoms with Gasteiger partial charge in [0.25, 0.3) is 0 Å². The van der Waals surface area contributed by atoms with E-state index in [1.54, 1.807) is 12.4 Å². The van der Waals surface area contributed by atoms with Crippen LogP contribution in [-0.4, -0.2) is 36.2 Å². The number of pyridine rings is 1. The third-order valence-corrected chi connectivity index (χ3v) is 5.02. The third-order valence-electron chi connectivity index (χ3n) is 5.02. The zero-order chi connectivity index (χ0) is 19.8. The summed E-state index contributed by atoms with van der Waals surface area (Å²) in [6, 6.07) is 18.5. The Balaban J connectivity index is 1.73. The molecule has 0 aliphatic rings. The molecular weight excluding hydrogens is 366 g/mol. The standard InChI is InChI=1S/C22H17N5O2/c28-13-19(14-6-2-1-3-7-14)27-21-20(26-22(27)29)24-12-18(25-21)16-8-4-10-17-15(16)9-5-11-23-17/h1-12,19,28H,13H2,(H,24,26,29)/t19-/m0/s1. The predicted molar refractivity (Wildman–Crippen MR) is 111 cm³/mol. The second kappa shape index (κ2) is 6.96. The van der Waals surface area contributed by atoms with Gasteiger partial charge in [0, 0.05) is 17.1 Å². The second-order valence-electron chi connectivity index (χ2n) is 6.71. The number of hydrogen-bond donors (Lipinski definition) is 2. The van der Waals surface area contributed by atoms with E-state index < -0.39 is 6.04 Å². The molecule has 29 heavy (non-hydrogen) atoms. The summed E-state index contributed by atoms with van der Waals surface area (Å²) in [4.78, 5) is 29.0. The SMILES string of the molecule is O=c1[nH]c2ncc(-c3cccc4ncccc34)nc2n1[C@@H](CO)c1ccccc1. The molecule has 2 aromatic carbocycles. The van der Waals surface area contributed by atoms with Crippen LogP contribution in [0.4, 0.5) is 0 Å². The Morgan fingerprint density at radius 1 is 1.00 bits per heavy atom. The number of hydrogen-bond acceptors (Lipinski definition) is 5. The molecule has 0 spiro atoms. The van der Waals surface area contributed by atoms with Gasteiger partial charge in [-0.25, -0.2) is 14.8 Å². The highest BCUT2D eigenvalue weighted by atomic mass is 16.3. The minimum absolute atomic E-state index is 0.235. The van der Waals surface area contributed by atoms with Gasteiger partial charge < -0.3 is 5.11 Å². The summed E-state index contributed by atoms with van der Waals surface area (Å²) in [6.45, 7) is -0.235. The number of aromatic nitrogens is 5. The highest BCUT2D eigenvalue weighted by Crippen LogP contribution is 2.27. The molecule has 1 atom stereocenters. The van der Waals surface area contributed by atoms with E-state index in [0.717, 1.165) is 22.0 Å². The van der Waals surface area contributed by atoms with Crippen LogP contribution in [0.2, 0.25) is 0 Å². The summed E-state index contributed by atoms with van der Waals surface area (Å²) in [6.07, 6.45) is 3.39. The highest BCUT2D eigenvalue weighted by Gasteiger charge is 2.21. The van der Waals surface area contributed by atoms with E-state index in [4.69, 9.17) is 4.98 Å². The molecule has 0 amide bonds. The van der Waals surface area contributed by atoms with Crippen LogP contribution in [0.15, 0.2) is 77.9 Å². The number of H-pyrrole nitrogens is 1. The van der Waals surface area contributed by atoms with Crippen LogP contribution in [0, 0.1) is 0 Å². The van der Waals surface area contributed by atoms with Gasteiger partial charge in [-0.1, -0.05) is 48.5 Å². The first-order valence-electron chi connectivity index (χ1n) is 9.23. The number of aliphatic hydroxyl groups excluding tert-OH is 1. The van der Waals surface area contributed by atoms with Crippen molar-refractivity contribution < 1.29 is 5.11 Å². The fourth-order valence-electron chi connectivity index (χ4n) is 3.65. The molecule has 0 fully saturated rings. The Morgan fingerprint density at radius 2 is 1.86 bits per heavy atom. The number of fused-ring (bicyclic) bond motifs is 2. The summed E-state index contributed by atoms with van der Waals surface area (Å²) >= 11 is 0. The minimum atomic E-state index is -0.559. The molecule has 142 valence electrons. The molecule has 5 rings (SSSR count). The lowest BCUT2D eigenvalue weighted by molar-refractivity contribution is 0.249. The Morgan fingerprint density at radius 3 is 2.69 bits per heavy atom. The lowest BCUT2D eigenvalue weighted by Crippen LogP contribution is -2.26. The number of aromatic amines is 1. The van der Waals surface area contributed by atoms with Gasteiger partial charge in [-0.2, -0.15) is 0 Å². The molecule has 0 radical (unpaired) electrons. The fraction of sp³-hybridized carbons (Fsp3) is 0.0909. The Labute approximate surface area is 165 Å². The number of rotatable bonds is 4. The third kappa shape index (κ3) is 2.88.